The highest BCUT2D eigenvalue weighted by molar-refractivity contribution is 9.10. The zero-order valence-corrected chi connectivity index (χ0v) is 60.0. The lowest BCUT2D eigenvalue weighted by molar-refractivity contribution is 0.00578. The van der Waals surface area contributed by atoms with Crippen LogP contribution < -0.4 is 5.46 Å². The van der Waals surface area contributed by atoms with Crippen LogP contribution in [0.3, 0.4) is 0 Å². The van der Waals surface area contributed by atoms with Crippen molar-refractivity contribution >= 4 is 127 Å². The Bertz CT molecular complexity index is 6550. The number of para-hydroxylation sites is 10. The average molecular weight is 1430 g/mol. The van der Waals surface area contributed by atoms with Crippen LogP contribution in [0, 0.1) is 35.8 Å². The van der Waals surface area contributed by atoms with Crippen molar-refractivity contribution in [2.45, 2.75) is 38.9 Å². The molecule has 0 amide bonds. The molecule has 0 atom stereocenters. The van der Waals surface area contributed by atoms with Gasteiger partial charge in [0.15, 0.2) is 0 Å². The number of hydrogen-bond acceptors (Lipinski definition) is 4. The van der Waals surface area contributed by atoms with Crippen molar-refractivity contribution in [3.8, 4) is 68.3 Å². The third-order valence-corrected chi connectivity index (χ3v) is 21.3. The summed E-state index contributed by atoms with van der Waals surface area (Å²) in [5.41, 5.74) is 20.8. The third-order valence-electron chi connectivity index (χ3n) is 20.8. The molecule has 5 heterocycles. The Hall–Kier alpha value is -13.3. The number of aromatic nitrogens is 4. The number of nitriles is 2. The van der Waals surface area contributed by atoms with Crippen molar-refractivity contribution in [3.05, 3.63) is 354 Å². The van der Waals surface area contributed by atoms with Crippen molar-refractivity contribution in [2.75, 3.05) is 0 Å². The van der Waals surface area contributed by atoms with Gasteiger partial charge in [0.05, 0.1) is 103 Å². The lowest BCUT2D eigenvalue weighted by Crippen LogP contribution is -2.41. The first-order chi connectivity index (χ1) is 51.8. The van der Waals surface area contributed by atoms with E-state index in [2.05, 4.69) is 302 Å². The van der Waals surface area contributed by atoms with E-state index in [1.165, 1.54) is 32.6 Å². The maximum atomic E-state index is 10.3. The first kappa shape index (κ1) is 66.0. The molecule has 0 aliphatic carbocycles. The van der Waals surface area contributed by atoms with Crippen LogP contribution in [-0.4, -0.2) is 36.6 Å². The predicted octanol–water partition coefficient (Wildman–Crippen LogP) is 24.4. The fourth-order valence-corrected chi connectivity index (χ4v) is 15.8. The van der Waals surface area contributed by atoms with Crippen LogP contribution in [0.25, 0.3) is 153 Å². The minimum Gasteiger partial charge on any atom is -0.399 e. The Balaban J connectivity index is 0.000000124. The SMILES string of the molecule is CC1(C)OB(c2cccc(-n3c4ccccc4c4ccccc43)c2)OC1(C)C.[C-]#[N+]c1cccc(-c2cc(Br)cc(C#N)c2)c1-n1c2ccccc2c2ccccc21.[C-]#[N+]c1cccc(-c2cc(C#N)cc(-c3cccc(-n4c5ccccc5c5ccccc54)c3)c2)c1-n1c2ccccc2c2ccccc21. The highest BCUT2D eigenvalue weighted by Crippen LogP contribution is 2.45. The number of benzene rings is 14. The fourth-order valence-electron chi connectivity index (χ4n) is 15.3. The molecule has 1 aliphatic rings. The summed E-state index contributed by atoms with van der Waals surface area (Å²) in [7, 11) is -0.363. The lowest BCUT2D eigenvalue weighted by atomic mass is 9.79. The van der Waals surface area contributed by atoms with Gasteiger partial charge in [-0.2, -0.15) is 10.5 Å². The molecule has 19 rings (SSSR count). The highest BCUT2D eigenvalue weighted by atomic mass is 79.9. The maximum Gasteiger partial charge on any atom is 0.494 e. The van der Waals surface area contributed by atoms with Gasteiger partial charge < -0.3 is 27.6 Å². The fraction of sp³-hybridized carbons (Fsp3) is 0.0638. The molecule has 14 aromatic carbocycles. The van der Waals surface area contributed by atoms with Gasteiger partial charge in [0.1, 0.15) is 0 Å². The first-order valence-corrected chi connectivity index (χ1v) is 35.9. The molecule has 0 saturated carbocycles. The summed E-state index contributed by atoms with van der Waals surface area (Å²) in [6.45, 7) is 24.4. The van der Waals surface area contributed by atoms with Gasteiger partial charge >= 0.3 is 7.12 Å². The van der Waals surface area contributed by atoms with Crippen molar-refractivity contribution in [1.29, 1.82) is 10.5 Å². The van der Waals surface area contributed by atoms with Gasteiger partial charge in [-0.25, -0.2) is 9.69 Å². The van der Waals surface area contributed by atoms with Crippen LogP contribution in [0.2, 0.25) is 0 Å². The van der Waals surface area contributed by atoms with E-state index in [4.69, 9.17) is 22.5 Å². The second kappa shape index (κ2) is 26.8. The van der Waals surface area contributed by atoms with Gasteiger partial charge in [0.25, 0.3) is 0 Å². The van der Waals surface area contributed by atoms with E-state index in [0.29, 0.717) is 22.5 Å². The average Bonchev–Trinajstić information content (AvgIpc) is 1.61. The summed E-state index contributed by atoms with van der Waals surface area (Å²) < 4.78 is 22.4. The molecule has 12 heteroatoms. The molecule has 0 bridgehead atoms. The molecule has 0 unspecified atom stereocenters. The van der Waals surface area contributed by atoms with Crippen LogP contribution in [-0.2, 0) is 9.31 Å². The molecule has 4 aromatic heterocycles. The lowest BCUT2D eigenvalue weighted by Gasteiger charge is -2.32. The van der Waals surface area contributed by atoms with E-state index in [9.17, 15) is 10.5 Å². The number of nitrogens with zero attached hydrogens (tertiary/aromatic N) is 8. The van der Waals surface area contributed by atoms with Gasteiger partial charge in [-0.05, 0) is 176 Å². The number of fused-ring (bicyclic) bond motifs is 12. The van der Waals surface area contributed by atoms with E-state index < -0.39 is 0 Å². The Morgan fingerprint density at radius 2 is 0.651 bits per heavy atom. The van der Waals surface area contributed by atoms with Crippen LogP contribution >= 0.6 is 15.9 Å². The molecule has 10 nitrogen and oxygen atoms in total. The van der Waals surface area contributed by atoms with Gasteiger partial charge in [-0.3, -0.25) is 0 Å². The number of rotatable bonds is 8. The molecule has 0 radical (unpaired) electrons. The zero-order valence-electron chi connectivity index (χ0n) is 58.4. The highest BCUT2D eigenvalue weighted by Gasteiger charge is 2.51. The molecule has 106 heavy (non-hydrogen) atoms. The van der Waals surface area contributed by atoms with Crippen molar-refractivity contribution in [3.63, 3.8) is 0 Å². The van der Waals surface area contributed by atoms with Crippen LogP contribution in [0.15, 0.2) is 320 Å². The maximum absolute atomic E-state index is 10.3. The molecular weight excluding hydrogens is 1360 g/mol. The number of hydrogen-bond donors (Lipinski definition) is 0. The normalized spacial score (nSPS) is 13.0. The topological polar surface area (TPSA) is 94.5 Å². The molecular formula is C94H64BBrN8O2. The summed E-state index contributed by atoms with van der Waals surface area (Å²) in [4.78, 5) is 7.84. The predicted molar refractivity (Wildman–Crippen MR) is 438 cm³/mol. The molecule has 0 N–H and O–H groups in total. The smallest absolute Gasteiger partial charge is 0.399 e. The molecule has 1 fully saturated rings. The monoisotopic (exact) mass is 1430 g/mol. The summed E-state index contributed by atoms with van der Waals surface area (Å²) in [5, 5.41) is 29.2. The Morgan fingerprint density at radius 3 is 1.03 bits per heavy atom. The van der Waals surface area contributed by atoms with E-state index in [-0.39, 0.29) is 18.3 Å². The molecule has 1 aliphatic heterocycles. The van der Waals surface area contributed by atoms with Crippen LogP contribution in [0.1, 0.15) is 38.8 Å². The van der Waals surface area contributed by atoms with E-state index >= 15 is 0 Å². The quantitative estimate of drug-likeness (QED) is 0.112. The van der Waals surface area contributed by atoms with Crippen molar-refractivity contribution in [1.82, 2.24) is 18.3 Å². The Kier molecular flexibility index (Phi) is 16.7. The summed E-state index contributed by atoms with van der Waals surface area (Å²) in [6, 6.07) is 112. The van der Waals surface area contributed by atoms with Gasteiger partial charge in [-0.1, -0.05) is 222 Å². The number of halogens is 1. The Labute approximate surface area is 622 Å². The third kappa shape index (κ3) is 11.3. The first-order valence-electron chi connectivity index (χ1n) is 35.1. The minimum absolute atomic E-state index is 0.347. The van der Waals surface area contributed by atoms with Gasteiger partial charge in [0.2, 0.25) is 11.4 Å². The minimum atomic E-state index is -0.363. The second-order valence-corrected chi connectivity index (χ2v) is 28.4. The van der Waals surface area contributed by atoms with Crippen LogP contribution in [0.4, 0.5) is 11.4 Å². The Morgan fingerprint density at radius 1 is 0.330 bits per heavy atom. The van der Waals surface area contributed by atoms with E-state index in [1.54, 1.807) is 6.07 Å². The summed E-state index contributed by atoms with van der Waals surface area (Å²) in [5.74, 6) is 0. The zero-order chi connectivity index (χ0) is 72.4. The summed E-state index contributed by atoms with van der Waals surface area (Å²) in [6.07, 6.45) is 0. The molecule has 0 spiro atoms. The summed E-state index contributed by atoms with van der Waals surface area (Å²) >= 11 is 3.52. The standard InChI is InChI=1S/C44H26N4.C26H14BrN3.C24H24BNO2/c1-46-39-19-11-18-34(44(39)48-42-22-8-4-16-37(42)38-17-5-9-23-43(38)48)32-25-29(28-45)24-31(26-32)30-12-10-13-33(27-30)47-40-20-6-2-14-35(40)36-15-3-7-21-41(36)47;1-29-23-10-6-9-20(18-13-17(16-28)14-19(27)15-18)26(23)30-24-11-4-2-7-21(24)22-8-3-5-12-25(22)30;1-23(2)24(3,4)28-25(27-23)17-10-9-11-18(16-17)26-21-14-7-5-12-19(21)20-13-6-8-15-22(20)26/h2-27H;2-15H;5-16H,1-4H3. The van der Waals surface area contributed by atoms with E-state index in [1.807, 2.05) is 91.0 Å². The van der Waals surface area contributed by atoms with Crippen molar-refractivity contribution < 1.29 is 9.31 Å². The van der Waals surface area contributed by atoms with Gasteiger partial charge in [-0.15, -0.1) is 0 Å². The molecule has 18 aromatic rings. The second-order valence-electron chi connectivity index (χ2n) is 27.5. The largest absolute Gasteiger partial charge is 0.494 e. The molecule has 502 valence electrons. The van der Waals surface area contributed by atoms with E-state index in [0.717, 1.165) is 121 Å². The van der Waals surface area contributed by atoms with Gasteiger partial charge in [0, 0.05) is 58.9 Å². The van der Waals surface area contributed by atoms with Crippen molar-refractivity contribution in [2.24, 2.45) is 0 Å². The van der Waals surface area contributed by atoms with Crippen LogP contribution in [0.5, 0.6) is 0 Å². The molecule has 1 saturated heterocycles.